The summed E-state index contributed by atoms with van der Waals surface area (Å²) < 4.78 is 13.6. The van der Waals surface area contributed by atoms with E-state index in [1.165, 1.54) is 12.1 Å². The van der Waals surface area contributed by atoms with Gasteiger partial charge in [0, 0.05) is 0 Å². The number of hydrogen-bond acceptors (Lipinski definition) is 3. The van der Waals surface area contributed by atoms with Gasteiger partial charge in [0.2, 0.25) is 5.01 Å². The number of carbonyl (C=O) groups is 1. The number of carboxylic acid groups (broad SMARTS) is 1. The molecular formula is C8H4FNO2S. The fraction of sp³-hybridized carbons (Fsp3) is 0. The van der Waals surface area contributed by atoms with E-state index in [-0.39, 0.29) is 10.5 Å². The van der Waals surface area contributed by atoms with E-state index >= 15 is 0 Å². The molecule has 2 rings (SSSR count). The summed E-state index contributed by atoms with van der Waals surface area (Å²) in [4.78, 5) is 14.2. The maximum absolute atomic E-state index is 13.0. The van der Waals surface area contributed by atoms with Gasteiger partial charge < -0.3 is 5.11 Å². The molecule has 2 aromatic rings. The minimum absolute atomic E-state index is 0.0832. The Labute approximate surface area is 76.5 Å². The number of fused-ring (bicyclic) bond motifs is 1. The van der Waals surface area contributed by atoms with Crippen LogP contribution in [0.25, 0.3) is 10.2 Å². The summed E-state index contributed by atoms with van der Waals surface area (Å²) in [6, 6.07) is 4.43. The van der Waals surface area contributed by atoms with Crippen LogP contribution in [0.3, 0.4) is 0 Å². The van der Waals surface area contributed by atoms with Crippen LogP contribution in [0.1, 0.15) is 9.80 Å². The number of carboxylic acids is 1. The molecule has 0 radical (unpaired) electrons. The fourth-order valence-electron chi connectivity index (χ4n) is 1.01. The number of halogens is 1. The van der Waals surface area contributed by atoms with E-state index in [0.29, 0.717) is 4.70 Å². The number of thiazole rings is 1. The maximum Gasteiger partial charge on any atom is 0.365 e. The highest BCUT2D eigenvalue weighted by molar-refractivity contribution is 7.20. The van der Waals surface area contributed by atoms with E-state index in [0.717, 1.165) is 11.3 Å². The van der Waals surface area contributed by atoms with Crippen LogP contribution in [0, 0.1) is 5.82 Å². The third kappa shape index (κ3) is 1.27. The number of benzene rings is 1. The van der Waals surface area contributed by atoms with Crippen molar-refractivity contribution in [2.24, 2.45) is 0 Å². The molecule has 0 saturated carbocycles. The van der Waals surface area contributed by atoms with Crippen molar-refractivity contribution in [1.29, 1.82) is 0 Å². The van der Waals surface area contributed by atoms with Gasteiger partial charge in [0.1, 0.15) is 11.3 Å². The molecule has 0 amide bonds. The Morgan fingerprint density at radius 2 is 2.31 bits per heavy atom. The molecule has 1 heterocycles. The Morgan fingerprint density at radius 3 is 2.92 bits per heavy atom. The van der Waals surface area contributed by atoms with Gasteiger partial charge in [-0.05, 0) is 12.1 Å². The second-order valence-electron chi connectivity index (χ2n) is 2.41. The van der Waals surface area contributed by atoms with Crippen molar-refractivity contribution in [3.05, 3.63) is 29.0 Å². The molecule has 0 unspecified atom stereocenters. The first-order chi connectivity index (χ1) is 6.18. The molecule has 0 aliphatic carbocycles. The first-order valence-corrected chi connectivity index (χ1v) is 4.28. The lowest BCUT2D eigenvalue weighted by molar-refractivity contribution is 0.0696. The molecule has 1 N–H and O–H groups in total. The molecule has 0 spiro atoms. The Balaban J connectivity index is 2.75. The quantitative estimate of drug-likeness (QED) is 0.761. The topological polar surface area (TPSA) is 50.2 Å². The van der Waals surface area contributed by atoms with E-state index in [4.69, 9.17) is 5.11 Å². The molecule has 0 aliphatic heterocycles. The summed E-state index contributed by atoms with van der Waals surface area (Å²) in [6.45, 7) is 0. The van der Waals surface area contributed by atoms with Crippen LogP contribution in [0.5, 0.6) is 0 Å². The van der Waals surface area contributed by atoms with E-state index in [1.54, 1.807) is 6.07 Å². The summed E-state index contributed by atoms with van der Waals surface area (Å²) in [5.74, 6) is -1.61. The lowest BCUT2D eigenvalue weighted by atomic mass is 10.3. The standard InChI is InChI=1S/C8H4FNO2S/c9-4-2-1-3-5-6(4)10-7(13-5)8(11)12/h1-3H,(H,11,12). The van der Waals surface area contributed by atoms with Gasteiger partial charge in [0.05, 0.1) is 4.70 Å². The van der Waals surface area contributed by atoms with Gasteiger partial charge in [-0.1, -0.05) is 6.07 Å². The zero-order valence-corrected chi connectivity index (χ0v) is 7.14. The Kier molecular flexibility index (Phi) is 1.73. The molecule has 1 aromatic heterocycles. The normalized spacial score (nSPS) is 10.5. The predicted octanol–water partition coefficient (Wildman–Crippen LogP) is 2.13. The SMILES string of the molecule is O=C(O)c1nc2c(F)cccc2s1. The second-order valence-corrected chi connectivity index (χ2v) is 3.44. The highest BCUT2D eigenvalue weighted by atomic mass is 32.1. The van der Waals surface area contributed by atoms with Crippen molar-refractivity contribution in [3.8, 4) is 0 Å². The highest BCUT2D eigenvalue weighted by Gasteiger charge is 2.12. The minimum atomic E-state index is -1.12. The molecule has 5 heteroatoms. The lowest BCUT2D eigenvalue weighted by Gasteiger charge is -1.86. The monoisotopic (exact) mass is 197 g/mol. The summed E-state index contributed by atoms with van der Waals surface area (Å²) >= 11 is 0.969. The lowest BCUT2D eigenvalue weighted by Crippen LogP contribution is -1.93. The molecule has 13 heavy (non-hydrogen) atoms. The molecule has 0 bridgehead atoms. The number of rotatable bonds is 1. The van der Waals surface area contributed by atoms with Gasteiger partial charge in [-0.2, -0.15) is 0 Å². The molecule has 66 valence electrons. The van der Waals surface area contributed by atoms with Crippen molar-refractivity contribution in [1.82, 2.24) is 4.98 Å². The molecule has 0 saturated heterocycles. The van der Waals surface area contributed by atoms with Crippen LogP contribution >= 0.6 is 11.3 Å². The largest absolute Gasteiger partial charge is 0.476 e. The zero-order valence-electron chi connectivity index (χ0n) is 6.32. The van der Waals surface area contributed by atoms with E-state index < -0.39 is 11.8 Å². The van der Waals surface area contributed by atoms with Gasteiger partial charge in [-0.25, -0.2) is 14.2 Å². The predicted molar refractivity (Wildman–Crippen MR) is 46.5 cm³/mol. The second kappa shape index (κ2) is 2.77. The van der Waals surface area contributed by atoms with E-state index in [9.17, 15) is 9.18 Å². The van der Waals surface area contributed by atoms with Gasteiger partial charge in [0.15, 0.2) is 0 Å². The smallest absolute Gasteiger partial charge is 0.365 e. The van der Waals surface area contributed by atoms with Crippen LogP contribution < -0.4 is 0 Å². The Bertz CT molecular complexity index is 480. The van der Waals surface area contributed by atoms with Crippen molar-refractivity contribution >= 4 is 27.5 Å². The summed E-state index contributed by atoms with van der Waals surface area (Å²) in [6.07, 6.45) is 0. The van der Waals surface area contributed by atoms with Crippen molar-refractivity contribution in [2.45, 2.75) is 0 Å². The average molecular weight is 197 g/mol. The Hall–Kier alpha value is -1.49. The molecular weight excluding hydrogens is 193 g/mol. The van der Waals surface area contributed by atoms with Crippen molar-refractivity contribution in [2.75, 3.05) is 0 Å². The summed E-state index contributed by atoms with van der Waals surface area (Å²) in [7, 11) is 0. The summed E-state index contributed by atoms with van der Waals surface area (Å²) in [5.41, 5.74) is 0.130. The van der Waals surface area contributed by atoms with Crippen LogP contribution in [0.2, 0.25) is 0 Å². The van der Waals surface area contributed by atoms with Crippen molar-refractivity contribution in [3.63, 3.8) is 0 Å². The third-order valence-electron chi connectivity index (χ3n) is 1.55. The minimum Gasteiger partial charge on any atom is -0.476 e. The highest BCUT2D eigenvalue weighted by Crippen LogP contribution is 2.23. The summed E-state index contributed by atoms with van der Waals surface area (Å²) in [5, 5.41) is 8.52. The molecule has 0 fully saturated rings. The van der Waals surface area contributed by atoms with Crippen LogP contribution in [0.4, 0.5) is 4.39 Å². The Morgan fingerprint density at radius 1 is 1.54 bits per heavy atom. The van der Waals surface area contributed by atoms with Crippen LogP contribution in [-0.4, -0.2) is 16.1 Å². The van der Waals surface area contributed by atoms with Crippen LogP contribution in [-0.2, 0) is 0 Å². The third-order valence-corrected chi connectivity index (χ3v) is 2.56. The van der Waals surface area contributed by atoms with Gasteiger partial charge in [-0.3, -0.25) is 0 Å². The molecule has 0 atom stereocenters. The average Bonchev–Trinajstić information content (AvgIpc) is 2.49. The van der Waals surface area contributed by atoms with Gasteiger partial charge >= 0.3 is 5.97 Å². The van der Waals surface area contributed by atoms with E-state index in [2.05, 4.69) is 4.98 Å². The van der Waals surface area contributed by atoms with Gasteiger partial charge in [0.25, 0.3) is 0 Å². The van der Waals surface area contributed by atoms with Crippen molar-refractivity contribution < 1.29 is 14.3 Å². The number of hydrogen-bond donors (Lipinski definition) is 1. The number of aromatic nitrogens is 1. The van der Waals surface area contributed by atoms with E-state index in [1.807, 2.05) is 0 Å². The van der Waals surface area contributed by atoms with Crippen LogP contribution in [0.15, 0.2) is 18.2 Å². The zero-order chi connectivity index (χ0) is 9.42. The number of para-hydroxylation sites is 1. The van der Waals surface area contributed by atoms with Gasteiger partial charge in [-0.15, -0.1) is 11.3 Å². The fourth-order valence-corrected chi connectivity index (χ4v) is 1.83. The molecule has 3 nitrogen and oxygen atoms in total. The maximum atomic E-state index is 13.0. The number of aromatic carboxylic acids is 1. The first-order valence-electron chi connectivity index (χ1n) is 3.47. The first kappa shape index (κ1) is 8.12. The molecule has 0 aliphatic rings. The molecule has 1 aromatic carbocycles. The number of nitrogens with zero attached hydrogens (tertiary/aromatic N) is 1.